The van der Waals surface area contributed by atoms with Crippen LogP contribution >= 0.6 is 11.8 Å². The monoisotopic (exact) mass is 277 g/mol. The standard InChI is InChI=1S/C15H19NO2S/c1-12(19-2)9-10-16-15(18)14-8-4-3-6-13(14)7-5-11-17/h3-4,6,8,12,17H,9-11H2,1-2H3,(H,16,18). The minimum Gasteiger partial charge on any atom is -0.384 e. The number of nitrogens with one attached hydrogen (secondary N) is 1. The summed E-state index contributed by atoms with van der Waals surface area (Å²) >= 11 is 1.79. The van der Waals surface area contributed by atoms with Crippen LogP contribution in [0.3, 0.4) is 0 Å². The van der Waals surface area contributed by atoms with Gasteiger partial charge in [-0.2, -0.15) is 11.8 Å². The second-order valence-corrected chi connectivity index (χ2v) is 5.37. The third kappa shape index (κ3) is 5.37. The Labute approximate surface area is 118 Å². The van der Waals surface area contributed by atoms with Gasteiger partial charge in [0.05, 0.1) is 5.56 Å². The van der Waals surface area contributed by atoms with Crippen LogP contribution in [0, 0.1) is 11.8 Å². The number of hydrogen-bond donors (Lipinski definition) is 2. The van der Waals surface area contributed by atoms with E-state index in [1.54, 1.807) is 23.9 Å². The zero-order valence-corrected chi connectivity index (χ0v) is 12.1. The van der Waals surface area contributed by atoms with E-state index >= 15 is 0 Å². The van der Waals surface area contributed by atoms with Crippen molar-refractivity contribution < 1.29 is 9.90 Å². The van der Waals surface area contributed by atoms with Gasteiger partial charge in [0.2, 0.25) is 0 Å². The second kappa shape index (κ2) is 8.63. The molecule has 4 heteroatoms. The van der Waals surface area contributed by atoms with Crippen LogP contribution in [0.25, 0.3) is 0 Å². The van der Waals surface area contributed by atoms with Gasteiger partial charge in [-0.3, -0.25) is 4.79 Å². The minimum atomic E-state index is -0.207. The summed E-state index contributed by atoms with van der Waals surface area (Å²) in [6, 6.07) is 7.16. The number of aliphatic hydroxyl groups is 1. The summed E-state index contributed by atoms with van der Waals surface area (Å²) in [5.74, 6) is 5.24. The topological polar surface area (TPSA) is 49.3 Å². The van der Waals surface area contributed by atoms with E-state index in [1.807, 2.05) is 12.1 Å². The summed E-state index contributed by atoms with van der Waals surface area (Å²) < 4.78 is 0. The van der Waals surface area contributed by atoms with Crippen molar-refractivity contribution in [3.8, 4) is 11.8 Å². The van der Waals surface area contributed by atoms with Gasteiger partial charge in [0, 0.05) is 17.4 Å². The van der Waals surface area contributed by atoms with Gasteiger partial charge in [0.1, 0.15) is 6.61 Å². The van der Waals surface area contributed by atoms with Crippen LogP contribution < -0.4 is 5.32 Å². The van der Waals surface area contributed by atoms with Crippen LogP contribution in [0.15, 0.2) is 24.3 Å². The highest BCUT2D eigenvalue weighted by molar-refractivity contribution is 7.99. The summed E-state index contributed by atoms with van der Waals surface area (Å²) in [4.78, 5) is 12.1. The summed E-state index contributed by atoms with van der Waals surface area (Å²) in [6.07, 6.45) is 3.00. The molecular formula is C15H19NO2S. The molecule has 1 unspecified atom stereocenters. The van der Waals surface area contributed by atoms with Crippen molar-refractivity contribution >= 4 is 17.7 Å². The van der Waals surface area contributed by atoms with Crippen molar-refractivity contribution in [1.82, 2.24) is 5.32 Å². The lowest BCUT2D eigenvalue weighted by Crippen LogP contribution is -2.26. The normalized spacial score (nSPS) is 11.3. The minimum absolute atomic E-state index is 0.115. The molecule has 0 aliphatic heterocycles. The molecule has 1 rings (SSSR count). The molecule has 0 aromatic heterocycles. The molecule has 0 fully saturated rings. The highest BCUT2D eigenvalue weighted by Gasteiger charge is 2.09. The molecule has 3 nitrogen and oxygen atoms in total. The predicted molar refractivity (Wildman–Crippen MR) is 80.3 cm³/mol. The average molecular weight is 277 g/mol. The Morgan fingerprint density at radius 1 is 1.47 bits per heavy atom. The molecule has 0 aliphatic carbocycles. The van der Waals surface area contributed by atoms with Gasteiger partial charge in [0.25, 0.3) is 5.91 Å². The van der Waals surface area contributed by atoms with E-state index < -0.39 is 0 Å². The molecule has 1 aromatic rings. The number of amides is 1. The van der Waals surface area contributed by atoms with Crippen molar-refractivity contribution in [2.45, 2.75) is 18.6 Å². The molecule has 0 saturated heterocycles. The summed E-state index contributed by atoms with van der Waals surface area (Å²) in [5.41, 5.74) is 1.20. The highest BCUT2D eigenvalue weighted by atomic mass is 32.2. The molecule has 0 aliphatic rings. The van der Waals surface area contributed by atoms with E-state index in [1.165, 1.54) is 0 Å². The van der Waals surface area contributed by atoms with E-state index in [4.69, 9.17) is 5.11 Å². The molecule has 0 bridgehead atoms. The zero-order valence-electron chi connectivity index (χ0n) is 11.3. The first kappa shape index (κ1) is 15.6. The fraction of sp³-hybridized carbons (Fsp3) is 0.400. The van der Waals surface area contributed by atoms with Crippen LogP contribution in [-0.2, 0) is 0 Å². The Morgan fingerprint density at radius 3 is 2.89 bits per heavy atom. The third-order valence-corrected chi connectivity index (χ3v) is 3.75. The van der Waals surface area contributed by atoms with Crippen molar-refractivity contribution in [3.63, 3.8) is 0 Å². The van der Waals surface area contributed by atoms with Crippen molar-refractivity contribution in [2.24, 2.45) is 0 Å². The fourth-order valence-corrected chi connectivity index (χ4v) is 1.88. The Hall–Kier alpha value is -1.44. The number of carbonyl (C=O) groups excluding carboxylic acids is 1. The fourth-order valence-electron chi connectivity index (χ4n) is 1.53. The van der Waals surface area contributed by atoms with Crippen LogP contribution in [0.1, 0.15) is 29.3 Å². The molecule has 1 aromatic carbocycles. The predicted octanol–water partition coefficient (Wildman–Crippen LogP) is 1.90. The third-order valence-electron chi connectivity index (χ3n) is 2.71. The zero-order chi connectivity index (χ0) is 14.1. The quantitative estimate of drug-likeness (QED) is 0.808. The highest BCUT2D eigenvalue weighted by Crippen LogP contribution is 2.09. The first-order chi connectivity index (χ1) is 9.19. The van der Waals surface area contributed by atoms with Crippen LogP contribution in [-0.4, -0.2) is 35.7 Å². The molecular weight excluding hydrogens is 258 g/mol. The van der Waals surface area contributed by atoms with E-state index in [0.29, 0.717) is 22.9 Å². The lowest BCUT2D eigenvalue weighted by Gasteiger charge is -2.10. The molecule has 0 radical (unpaired) electrons. The maximum Gasteiger partial charge on any atom is 0.252 e. The van der Waals surface area contributed by atoms with E-state index in [2.05, 4.69) is 30.3 Å². The maximum atomic E-state index is 12.1. The van der Waals surface area contributed by atoms with Gasteiger partial charge < -0.3 is 10.4 Å². The number of carbonyl (C=O) groups is 1. The van der Waals surface area contributed by atoms with Gasteiger partial charge in [-0.05, 0) is 24.8 Å². The molecule has 2 N–H and O–H groups in total. The molecule has 1 atom stereocenters. The van der Waals surface area contributed by atoms with Gasteiger partial charge in [-0.25, -0.2) is 0 Å². The number of hydrogen-bond acceptors (Lipinski definition) is 3. The molecule has 102 valence electrons. The van der Waals surface area contributed by atoms with Gasteiger partial charge in [-0.15, -0.1) is 0 Å². The number of thioether (sulfide) groups is 1. The first-order valence-electron chi connectivity index (χ1n) is 6.18. The lowest BCUT2D eigenvalue weighted by atomic mass is 10.1. The van der Waals surface area contributed by atoms with Gasteiger partial charge in [-0.1, -0.05) is 30.9 Å². The maximum absolute atomic E-state index is 12.1. The van der Waals surface area contributed by atoms with Crippen LogP contribution in [0.4, 0.5) is 0 Å². The summed E-state index contributed by atoms with van der Waals surface area (Å²) in [5, 5.41) is 12.1. The van der Waals surface area contributed by atoms with Crippen LogP contribution in [0.2, 0.25) is 0 Å². The number of benzene rings is 1. The number of aliphatic hydroxyl groups excluding tert-OH is 1. The summed E-state index contributed by atoms with van der Waals surface area (Å²) in [6.45, 7) is 2.58. The molecule has 0 spiro atoms. The molecule has 0 saturated carbocycles. The first-order valence-corrected chi connectivity index (χ1v) is 7.47. The largest absolute Gasteiger partial charge is 0.384 e. The van der Waals surface area contributed by atoms with Gasteiger partial charge >= 0.3 is 0 Å². The van der Waals surface area contributed by atoms with Gasteiger partial charge in [0.15, 0.2) is 0 Å². The molecule has 19 heavy (non-hydrogen) atoms. The lowest BCUT2D eigenvalue weighted by molar-refractivity contribution is 0.0953. The van der Waals surface area contributed by atoms with Crippen molar-refractivity contribution in [3.05, 3.63) is 35.4 Å². The van der Waals surface area contributed by atoms with Crippen LogP contribution in [0.5, 0.6) is 0 Å². The van der Waals surface area contributed by atoms with E-state index in [0.717, 1.165) is 6.42 Å². The van der Waals surface area contributed by atoms with E-state index in [-0.39, 0.29) is 12.5 Å². The van der Waals surface area contributed by atoms with Crippen molar-refractivity contribution in [1.29, 1.82) is 0 Å². The Kier molecular flexibility index (Phi) is 7.09. The summed E-state index contributed by atoms with van der Waals surface area (Å²) in [7, 11) is 0. The number of rotatable bonds is 5. The Balaban J connectivity index is 2.66. The SMILES string of the molecule is CSC(C)CCNC(=O)c1ccccc1C#CCO. The smallest absolute Gasteiger partial charge is 0.252 e. The van der Waals surface area contributed by atoms with Crippen molar-refractivity contribution in [2.75, 3.05) is 19.4 Å². The second-order valence-electron chi connectivity index (χ2n) is 4.10. The Bertz CT molecular complexity index is 477. The average Bonchev–Trinajstić information content (AvgIpc) is 2.45. The molecule has 1 amide bonds. The van der Waals surface area contributed by atoms with E-state index in [9.17, 15) is 4.79 Å². The molecule has 0 heterocycles. The Morgan fingerprint density at radius 2 is 2.21 bits per heavy atom.